The fourth-order valence-electron chi connectivity index (χ4n) is 3.92. The number of likely N-dealkylation sites (tertiary alicyclic amines) is 2. The van der Waals surface area contributed by atoms with E-state index in [9.17, 15) is 9.18 Å². The van der Waals surface area contributed by atoms with Crippen molar-refractivity contribution in [3.63, 3.8) is 0 Å². The molecular weight excluding hydrogens is 307 g/mol. The summed E-state index contributed by atoms with van der Waals surface area (Å²) in [6.45, 7) is 2.52. The zero-order valence-electron chi connectivity index (χ0n) is 13.7. The van der Waals surface area contributed by atoms with Crippen molar-refractivity contribution in [1.29, 1.82) is 0 Å². The van der Waals surface area contributed by atoms with Gasteiger partial charge in [0.1, 0.15) is 5.82 Å². The maximum atomic E-state index is 13.4. The molecule has 2 atom stereocenters. The molecule has 0 saturated carbocycles. The predicted octanol–water partition coefficient (Wildman–Crippen LogP) is 2.06. The van der Waals surface area contributed by atoms with Gasteiger partial charge in [0.2, 0.25) is 5.91 Å². The molecule has 0 N–H and O–H groups in total. The fourth-order valence-corrected chi connectivity index (χ4v) is 3.92. The van der Waals surface area contributed by atoms with Crippen LogP contribution in [0.2, 0.25) is 0 Å². The average molecular weight is 328 g/mol. The summed E-state index contributed by atoms with van der Waals surface area (Å²) in [5, 5.41) is 4.58. The second kappa shape index (κ2) is 6.02. The van der Waals surface area contributed by atoms with Crippen molar-refractivity contribution in [2.24, 2.45) is 5.92 Å². The summed E-state index contributed by atoms with van der Waals surface area (Å²) >= 11 is 0. The highest BCUT2D eigenvalue weighted by Gasteiger charge is 2.43. The van der Waals surface area contributed by atoms with Gasteiger partial charge in [-0.2, -0.15) is 5.10 Å². The summed E-state index contributed by atoms with van der Waals surface area (Å²) in [4.78, 5) is 16.4. The second-order valence-corrected chi connectivity index (χ2v) is 6.74. The number of hydrogen-bond donors (Lipinski definition) is 0. The number of carbonyl (C=O) groups excluding carboxylic acids is 1. The molecule has 24 heavy (non-hydrogen) atoms. The summed E-state index contributed by atoms with van der Waals surface area (Å²) in [5.74, 6) is 0.139. The van der Waals surface area contributed by atoms with Gasteiger partial charge in [-0.15, -0.1) is 0 Å². The molecular formula is C18H21FN4O. The Labute approximate surface area is 140 Å². The highest BCUT2D eigenvalue weighted by molar-refractivity contribution is 5.81. The quantitative estimate of drug-likeness (QED) is 0.866. The first-order valence-corrected chi connectivity index (χ1v) is 8.41. The maximum absolute atomic E-state index is 13.4. The Morgan fingerprint density at radius 2 is 2.21 bits per heavy atom. The second-order valence-electron chi connectivity index (χ2n) is 6.74. The van der Waals surface area contributed by atoms with Crippen LogP contribution in [0.1, 0.15) is 18.5 Å². The fraction of sp³-hybridized carbons (Fsp3) is 0.444. The predicted molar refractivity (Wildman–Crippen MR) is 88.1 cm³/mol. The Hall–Kier alpha value is -2.21. The van der Waals surface area contributed by atoms with E-state index < -0.39 is 0 Å². The van der Waals surface area contributed by atoms with Crippen molar-refractivity contribution in [2.45, 2.75) is 25.4 Å². The summed E-state index contributed by atoms with van der Waals surface area (Å²) in [7, 11) is 1.89. The minimum Gasteiger partial charge on any atom is -0.344 e. The van der Waals surface area contributed by atoms with E-state index in [1.807, 2.05) is 30.3 Å². The monoisotopic (exact) mass is 328 g/mol. The summed E-state index contributed by atoms with van der Waals surface area (Å²) in [5.41, 5.74) is 1.66. The van der Waals surface area contributed by atoms with Crippen molar-refractivity contribution in [3.05, 3.63) is 48.0 Å². The minimum atomic E-state index is -0.268. The van der Waals surface area contributed by atoms with Crippen molar-refractivity contribution < 1.29 is 9.18 Å². The lowest BCUT2D eigenvalue weighted by molar-refractivity contribution is -0.130. The van der Waals surface area contributed by atoms with Crippen molar-refractivity contribution >= 4 is 5.91 Å². The van der Waals surface area contributed by atoms with Gasteiger partial charge in [-0.1, -0.05) is 6.07 Å². The third-order valence-electron chi connectivity index (χ3n) is 5.13. The third-order valence-corrected chi connectivity index (χ3v) is 5.13. The molecule has 2 aromatic rings. The Kier molecular flexibility index (Phi) is 3.84. The van der Waals surface area contributed by atoms with E-state index in [1.54, 1.807) is 10.7 Å². The van der Waals surface area contributed by atoms with E-state index >= 15 is 0 Å². The molecule has 2 fully saturated rings. The highest BCUT2D eigenvalue weighted by atomic mass is 19.1. The van der Waals surface area contributed by atoms with E-state index in [-0.39, 0.29) is 23.7 Å². The zero-order valence-corrected chi connectivity index (χ0v) is 13.7. The van der Waals surface area contributed by atoms with Crippen LogP contribution in [0.4, 0.5) is 4.39 Å². The molecule has 1 aromatic heterocycles. The molecule has 1 aromatic carbocycles. The van der Waals surface area contributed by atoms with Crippen molar-refractivity contribution in [2.75, 3.05) is 20.1 Å². The van der Waals surface area contributed by atoms with Gasteiger partial charge >= 0.3 is 0 Å². The van der Waals surface area contributed by atoms with Crippen LogP contribution in [-0.4, -0.2) is 51.7 Å². The zero-order chi connectivity index (χ0) is 16.7. The molecule has 126 valence electrons. The molecule has 6 heteroatoms. The van der Waals surface area contributed by atoms with Crippen LogP contribution < -0.4 is 0 Å². The van der Waals surface area contributed by atoms with Gasteiger partial charge < -0.3 is 4.90 Å². The van der Waals surface area contributed by atoms with Gasteiger partial charge in [0.15, 0.2) is 0 Å². The van der Waals surface area contributed by atoms with Gasteiger partial charge in [0.05, 0.1) is 17.3 Å². The number of fused-ring (bicyclic) bond motifs is 1. The first-order chi connectivity index (χ1) is 11.6. The maximum Gasteiger partial charge on any atom is 0.227 e. The van der Waals surface area contributed by atoms with Crippen molar-refractivity contribution in [3.8, 4) is 5.69 Å². The van der Waals surface area contributed by atoms with E-state index in [0.29, 0.717) is 5.69 Å². The molecule has 0 bridgehead atoms. The molecule has 0 spiro atoms. The van der Waals surface area contributed by atoms with Crippen LogP contribution in [-0.2, 0) is 11.3 Å². The molecule has 0 aliphatic carbocycles. The van der Waals surface area contributed by atoms with Gasteiger partial charge in [-0.25, -0.2) is 9.07 Å². The Balaban J connectivity index is 1.51. The number of likely N-dealkylation sites (N-methyl/N-ethyl adjacent to an activating group) is 1. The first-order valence-electron chi connectivity index (χ1n) is 8.41. The largest absolute Gasteiger partial charge is 0.344 e. The molecule has 0 radical (unpaired) electrons. The SMILES string of the molecule is CN1C[C@@H]2[C@@H](CCCN2Cc2ccn(-c3cccc(F)c3)n2)C1=O. The van der Waals surface area contributed by atoms with Gasteiger partial charge in [-0.05, 0) is 43.7 Å². The third kappa shape index (κ3) is 2.71. The number of amides is 1. The molecule has 3 heterocycles. The van der Waals surface area contributed by atoms with Crippen LogP contribution in [0.15, 0.2) is 36.5 Å². The van der Waals surface area contributed by atoms with Crippen LogP contribution >= 0.6 is 0 Å². The lowest BCUT2D eigenvalue weighted by Gasteiger charge is -2.35. The average Bonchev–Trinajstić information content (AvgIpc) is 3.15. The van der Waals surface area contributed by atoms with E-state index in [0.717, 1.165) is 38.2 Å². The number of piperidine rings is 1. The van der Waals surface area contributed by atoms with Gasteiger partial charge in [0, 0.05) is 32.4 Å². The van der Waals surface area contributed by atoms with Crippen LogP contribution in [0.25, 0.3) is 5.69 Å². The number of nitrogens with zero attached hydrogens (tertiary/aromatic N) is 4. The van der Waals surface area contributed by atoms with E-state index in [4.69, 9.17) is 0 Å². The van der Waals surface area contributed by atoms with Gasteiger partial charge in [0.25, 0.3) is 0 Å². The number of hydrogen-bond acceptors (Lipinski definition) is 3. The summed E-state index contributed by atoms with van der Waals surface area (Å²) < 4.78 is 15.1. The standard InChI is InChI=1S/C18H21FN4O/c1-21-12-17-16(18(21)24)6-3-8-22(17)11-14-7-9-23(20-14)15-5-2-4-13(19)10-15/h2,4-5,7,9-10,16-17H,3,6,8,11-12H2,1H3/t16-,17-/m1/s1. The molecule has 4 rings (SSSR count). The summed E-state index contributed by atoms with van der Waals surface area (Å²) in [6.07, 6.45) is 3.89. The Morgan fingerprint density at radius 3 is 3.04 bits per heavy atom. The number of carbonyl (C=O) groups is 1. The normalized spacial score (nSPS) is 24.4. The van der Waals surface area contributed by atoms with E-state index in [1.165, 1.54) is 12.1 Å². The van der Waals surface area contributed by atoms with E-state index in [2.05, 4.69) is 10.00 Å². The van der Waals surface area contributed by atoms with Crippen molar-refractivity contribution in [1.82, 2.24) is 19.6 Å². The number of benzene rings is 1. The molecule has 0 unspecified atom stereocenters. The number of aromatic nitrogens is 2. The lowest BCUT2D eigenvalue weighted by atomic mass is 9.91. The Morgan fingerprint density at radius 1 is 1.33 bits per heavy atom. The smallest absolute Gasteiger partial charge is 0.227 e. The molecule has 1 amide bonds. The Bertz CT molecular complexity index is 759. The van der Waals surface area contributed by atoms with Crippen LogP contribution in [0.3, 0.4) is 0 Å². The molecule has 2 saturated heterocycles. The lowest BCUT2D eigenvalue weighted by Crippen LogP contribution is -2.45. The summed E-state index contributed by atoms with van der Waals surface area (Å²) in [6, 6.07) is 8.67. The number of rotatable bonds is 3. The van der Waals surface area contributed by atoms with Gasteiger partial charge in [-0.3, -0.25) is 9.69 Å². The van der Waals surface area contributed by atoms with Crippen LogP contribution in [0.5, 0.6) is 0 Å². The molecule has 5 nitrogen and oxygen atoms in total. The number of halogens is 1. The highest BCUT2D eigenvalue weighted by Crippen LogP contribution is 2.31. The first kappa shape index (κ1) is 15.3. The molecule has 2 aliphatic rings. The van der Waals surface area contributed by atoms with Crippen LogP contribution in [0, 0.1) is 11.7 Å². The minimum absolute atomic E-state index is 0.133. The topological polar surface area (TPSA) is 41.4 Å². The molecule has 2 aliphatic heterocycles.